The van der Waals surface area contributed by atoms with Crippen LogP contribution in [0, 0.1) is 0 Å². The highest BCUT2D eigenvalue weighted by atomic mass is 32.2. The van der Waals surface area contributed by atoms with E-state index in [1.165, 1.54) is 51.1 Å². The number of hydrogen-bond donors (Lipinski definition) is 1. The first-order chi connectivity index (χ1) is 13.9. The summed E-state index contributed by atoms with van der Waals surface area (Å²) in [5, 5.41) is 2.96. The van der Waals surface area contributed by atoms with Crippen LogP contribution in [0.3, 0.4) is 0 Å². The summed E-state index contributed by atoms with van der Waals surface area (Å²) < 4.78 is 25.4. The van der Waals surface area contributed by atoms with Crippen LogP contribution in [-0.2, 0) is 23.1 Å². The van der Waals surface area contributed by atoms with E-state index in [1.54, 1.807) is 12.1 Å². The van der Waals surface area contributed by atoms with Gasteiger partial charge in [0.2, 0.25) is 10.0 Å². The molecule has 0 saturated carbocycles. The van der Waals surface area contributed by atoms with Crippen LogP contribution < -0.4 is 5.32 Å². The molecule has 29 heavy (non-hydrogen) atoms. The molecule has 0 radical (unpaired) electrons. The molecule has 1 N–H and O–H groups in total. The van der Waals surface area contributed by atoms with Crippen molar-refractivity contribution in [2.75, 3.05) is 27.2 Å². The van der Waals surface area contributed by atoms with Gasteiger partial charge in [-0.05, 0) is 61.3 Å². The summed E-state index contributed by atoms with van der Waals surface area (Å²) in [6.07, 6.45) is 3.81. The van der Waals surface area contributed by atoms with E-state index in [9.17, 15) is 13.2 Å². The molecule has 7 heteroatoms. The molecule has 3 rings (SSSR count). The van der Waals surface area contributed by atoms with Gasteiger partial charge in [-0.15, -0.1) is 0 Å². The lowest BCUT2D eigenvalue weighted by atomic mass is 10.0. The van der Waals surface area contributed by atoms with Gasteiger partial charge >= 0.3 is 0 Å². The third kappa shape index (κ3) is 5.44. The Morgan fingerprint density at radius 3 is 2.21 bits per heavy atom. The Labute approximate surface area is 173 Å². The minimum atomic E-state index is -3.50. The van der Waals surface area contributed by atoms with Crippen molar-refractivity contribution in [1.29, 1.82) is 0 Å². The van der Waals surface area contributed by atoms with Gasteiger partial charge in [0, 0.05) is 32.7 Å². The van der Waals surface area contributed by atoms with Crippen molar-refractivity contribution in [3.05, 3.63) is 65.2 Å². The Kier molecular flexibility index (Phi) is 7.05. The Hall–Kier alpha value is -2.22. The van der Waals surface area contributed by atoms with E-state index in [-0.39, 0.29) is 10.8 Å². The Bertz CT molecular complexity index is 934. The van der Waals surface area contributed by atoms with Crippen molar-refractivity contribution in [3.8, 4) is 0 Å². The molecule has 1 fully saturated rings. The second-order valence-electron chi connectivity index (χ2n) is 7.60. The van der Waals surface area contributed by atoms with Gasteiger partial charge < -0.3 is 5.32 Å². The number of sulfonamides is 1. The van der Waals surface area contributed by atoms with E-state index in [4.69, 9.17) is 0 Å². The number of carbonyl (C=O) groups is 1. The Morgan fingerprint density at radius 2 is 1.59 bits per heavy atom. The standard InChI is InChI=1S/C22H29N3O3S/c1-24(2)29(27,28)21-12-10-18(11-13-21)22(26)23-16-19-8-4-5-9-20(19)17-25-14-6-3-7-15-25/h4-5,8-13H,3,6-7,14-17H2,1-2H3,(H,23,26). The van der Waals surface area contributed by atoms with E-state index >= 15 is 0 Å². The molecule has 1 aliphatic heterocycles. The number of nitrogens with one attached hydrogen (secondary N) is 1. The molecular weight excluding hydrogens is 386 g/mol. The molecule has 0 bridgehead atoms. The number of likely N-dealkylation sites (tertiary alicyclic amines) is 1. The largest absolute Gasteiger partial charge is 0.348 e. The van der Waals surface area contributed by atoms with E-state index in [2.05, 4.69) is 16.3 Å². The number of nitrogens with zero attached hydrogens (tertiary/aromatic N) is 2. The molecule has 2 aromatic rings. The van der Waals surface area contributed by atoms with Gasteiger partial charge in [0.25, 0.3) is 5.91 Å². The van der Waals surface area contributed by atoms with Crippen molar-refractivity contribution >= 4 is 15.9 Å². The summed E-state index contributed by atoms with van der Waals surface area (Å²) >= 11 is 0. The molecule has 0 aromatic heterocycles. The highest BCUT2D eigenvalue weighted by Crippen LogP contribution is 2.17. The predicted molar refractivity (Wildman–Crippen MR) is 114 cm³/mol. The molecule has 0 unspecified atom stereocenters. The van der Waals surface area contributed by atoms with E-state index in [0.29, 0.717) is 12.1 Å². The smallest absolute Gasteiger partial charge is 0.251 e. The van der Waals surface area contributed by atoms with Crippen LogP contribution >= 0.6 is 0 Å². The van der Waals surface area contributed by atoms with Gasteiger partial charge in [0.05, 0.1) is 4.90 Å². The molecule has 1 saturated heterocycles. The highest BCUT2D eigenvalue weighted by molar-refractivity contribution is 7.89. The summed E-state index contributed by atoms with van der Waals surface area (Å²) in [5.41, 5.74) is 2.79. The zero-order valence-electron chi connectivity index (χ0n) is 17.1. The molecule has 0 aliphatic carbocycles. The van der Waals surface area contributed by atoms with Crippen molar-refractivity contribution in [2.45, 2.75) is 37.2 Å². The van der Waals surface area contributed by atoms with Gasteiger partial charge in [0.15, 0.2) is 0 Å². The SMILES string of the molecule is CN(C)S(=O)(=O)c1ccc(C(=O)NCc2ccccc2CN2CCCCC2)cc1. The fourth-order valence-electron chi connectivity index (χ4n) is 3.51. The second kappa shape index (κ2) is 9.52. The van der Waals surface area contributed by atoms with Gasteiger partial charge in [0.1, 0.15) is 0 Å². The van der Waals surface area contributed by atoms with Crippen LogP contribution in [-0.4, -0.2) is 50.7 Å². The maximum absolute atomic E-state index is 12.5. The van der Waals surface area contributed by atoms with Gasteiger partial charge in [-0.1, -0.05) is 30.7 Å². The highest BCUT2D eigenvalue weighted by Gasteiger charge is 2.18. The van der Waals surface area contributed by atoms with Gasteiger partial charge in [-0.3, -0.25) is 9.69 Å². The van der Waals surface area contributed by atoms with Crippen molar-refractivity contribution in [1.82, 2.24) is 14.5 Å². The molecule has 1 aliphatic rings. The Morgan fingerprint density at radius 1 is 0.966 bits per heavy atom. The Balaban J connectivity index is 1.63. The number of benzene rings is 2. The number of hydrogen-bond acceptors (Lipinski definition) is 4. The number of carbonyl (C=O) groups excluding carboxylic acids is 1. The first-order valence-electron chi connectivity index (χ1n) is 9.98. The number of amides is 1. The summed E-state index contributed by atoms with van der Waals surface area (Å²) in [6, 6.07) is 14.2. The summed E-state index contributed by atoms with van der Waals surface area (Å²) in [7, 11) is -0.531. The fourth-order valence-corrected chi connectivity index (χ4v) is 4.41. The first-order valence-corrected chi connectivity index (χ1v) is 11.4. The second-order valence-corrected chi connectivity index (χ2v) is 9.75. The fraction of sp³-hybridized carbons (Fsp3) is 0.409. The van der Waals surface area contributed by atoms with Crippen LogP contribution in [0.5, 0.6) is 0 Å². The minimum absolute atomic E-state index is 0.172. The molecular formula is C22H29N3O3S. The molecule has 1 amide bonds. The van der Waals surface area contributed by atoms with Crippen LogP contribution in [0.2, 0.25) is 0 Å². The van der Waals surface area contributed by atoms with Crippen molar-refractivity contribution in [2.24, 2.45) is 0 Å². The van der Waals surface area contributed by atoms with Crippen LogP contribution in [0.4, 0.5) is 0 Å². The normalized spacial score (nSPS) is 15.4. The van der Waals surface area contributed by atoms with Crippen LogP contribution in [0.1, 0.15) is 40.7 Å². The van der Waals surface area contributed by atoms with Crippen LogP contribution in [0.25, 0.3) is 0 Å². The summed E-state index contributed by atoms with van der Waals surface area (Å²) in [5.74, 6) is -0.216. The lowest BCUT2D eigenvalue weighted by Crippen LogP contribution is -2.30. The average molecular weight is 416 g/mol. The molecule has 0 atom stereocenters. The quantitative estimate of drug-likeness (QED) is 0.755. The zero-order valence-corrected chi connectivity index (χ0v) is 17.9. The molecule has 2 aromatic carbocycles. The minimum Gasteiger partial charge on any atom is -0.348 e. The molecule has 156 valence electrons. The topological polar surface area (TPSA) is 69.7 Å². The molecule has 1 heterocycles. The first kappa shape index (κ1) is 21.5. The molecule has 0 spiro atoms. The lowest BCUT2D eigenvalue weighted by Gasteiger charge is -2.27. The average Bonchev–Trinajstić information content (AvgIpc) is 2.73. The monoisotopic (exact) mass is 415 g/mol. The summed E-state index contributed by atoms with van der Waals surface area (Å²) in [6.45, 7) is 3.61. The summed E-state index contributed by atoms with van der Waals surface area (Å²) in [4.78, 5) is 15.2. The molecule has 6 nitrogen and oxygen atoms in total. The zero-order chi connectivity index (χ0) is 20.9. The van der Waals surface area contributed by atoms with Crippen molar-refractivity contribution < 1.29 is 13.2 Å². The lowest BCUT2D eigenvalue weighted by molar-refractivity contribution is 0.0950. The van der Waals surface area contributed by atoms with E-state index in [1.807, 2.05) is 18.2 Å². The van der Waals surface area contributed by atoms with Crippen LogP contribution in [0.15, 0.2) is 53.4 Å². The van der Waals surface area contributed by atoms with E-state index in [0.717, 1.165) is 29.5 Å². The predicted octanol–water partition coefficient (Wildman–Crippen LogP) is 2.85. The van der Waals surface area contributed by atoms with Gasteiger partial charge in [-0.2, -0.15) is 0 Å². The number of rotatable bonds is 7. The number of piperidine rings is 1. The third-order valence-electron chi connectivity index (χ3n) is 5.30. The maximum Gasteiger partial charge on any atom is 0.251 e. The van der Waals surface area contributed by atoms with Gasteiger partial charge in [-0.25, -0.2) is 12.7 Å². The maximum atomic E-state index is 12.5. The van der Waals surface area contributed by atoms with E-state index < -0.39 is 10.0 Å². The third-order valence-corrected chi connectivity index (χ3v) is 7.12. The van der Waals surface area contributed by atoms with Crippen molar-refractivity contribution in [3.63, 3.8) is 0 Å².